The summed E-state index contributed by atoms with van der Waals surface area (Å²) in [6.45, 7) is 8.58. The predicted octanol–water partition coefficient (Wildman–Crippen LogP) is 3.95. The number of halogens is 2. The zero-order valence-electron chi connectivity index (χ0n) is 16.2. The summed E-state index contributed by atoms with van der Waals surface area (Å²) in [5, 5.41) is 8.59. The molecule has 0 aliphatic heterocycles. The summed E-state index contributed by atoms with van der Waals surface area (Å²) < 4.78 is 1.94. The average Bonchev–Trinajstić information content (AvgIpc) is 2.80. The Kier molecular flexibility index (Phi) is 9.43. The lowest BCUT2D eigenvalue weighted by atomic mass is 10.1. The van der Waals surface area contributed by atoms with Crippen molar-refractivity contribution in [1.29, 1.82) is 0 Å². The molecule has 144 valence electrons. The van der Waals surface area contributed by atoms with Crippen LogP contribution in [0, 0.1) is 13.8 Å². The van der Waals surface area contributed by atoms with E-state index in [9.17, 15) is 0 Å². The fourth-order valence-electron chi connectivity index (χ4n) is 2.91. The minimum absolute atomic E-state index is 0. The predicted molar refractivity (Wildman–Crippen MR) is 121 cm³/mol. The molecule has 0 amide bonds. The van der Waals surface area contributed by atoms with Crippen molar-refractivity contribution in [3.8, 4) is 0 Å². The van der Waals surface area contributed by atoms with Crippen molar-refractivity contribution in [1.82, 2.24) is 20.0 Å². The van der Waals surface area contributed by atoms with Crippen molar-refractivity contribution in [2.75, 3.05) is 20.1 Å². The Morgan fingerprint density at radius 3 is 2.65 bits per heavy atom. The molecular formula is C19H29ClIN5. The molecule has 0 atom stereocenters. The largest absolute Gasteiger partial charge is 0.357 e. The van der Waals surface area contributed by atoms with Crippen LogP contribution in [0.1, 0.15) is 29.4 Å². The maximum absolute atomic E-state index is 6.08. The molecule has 0 aliphatic carbocycles. The van der Waals surface area contributed by atoms with Gasteiger partial charge in [-0.3, -0.25) is 9.67 Å². The fourth-order valence-corrected chi connectivity index (χ4v) is 3.12. The van der Waals surface area contributed by atoms with Gasteiger partial charge in [0.25, 0.3) is 0 Å². The Labute approximate surface area is 178 Å². The van der Waals surface area contributed by atoms with Crippen LogP contribution >= 0.6 is 35.6 Å². The lowest BCUT2D eigenvalue weighted by molar-refractivity contribution is 0.477. The molecular weight excluding hydrogens is 461 g/mol. The quantitative estimate of drug-likeness (QED) is 0.380. The molecule has 0 unspecified atom stereocenters. The van der Waals surface area contributed by atoms with Gasteiger partial charge in [0, 0.05) is 44.4 Å². The summed E-state index contributed by atoms with van der Waals surface area (Å²) in [7, 11) is 4.03. The molecule has 0 bridgehead atoms. The highest BCUT2D eigenvalue weighted by Gasteiger charge is 2.10. The van der Waals surface area contributed by atoms with E-state index >= 15 is 0 Å². The molecule has 0 fully saturated rings. The highest BCUT2D eigenvalue weighted by atomic mass is 127. The van der Waals surface area contributed by atoms with E-state index in [1.54, 1.807) is 0 Å². The number of hydrogen-bond acceptors (Lipinski definition) is 2. The summed E-state index contributed by atoms with van der Waals surface area (Å²) in [5.74, 6) is 0.904. The third-order valence-electron chi connectivity index (χ3n) is 4.29. The molecule has 0 aliphatic rings. The monoisotopic (exact) mass is 489 g/mol. The van der Waals surface area contributed by atoms with E-state index < -0.39 is 0 Å². The minimum Gasteiger partial charge on any atom is -0.357 e. The SMILES string of the molecule is CCNC(=NCCc1c(C)nn(C)c1C)N(C)Cc1cccc(Cl)c1.I. The summed E-state index contributed by atoms with van der Waals surface area (Å²) in [6, 6.07) is 7.94. The number of hydrogen-bond donors (Lipinski definition) is 1. The van der Waals surface area contributed by atoms with Crippen molar-refractivity contribution in [3.05, 3.63) is 51.8 Å². The van der Waals surface area contributed by atoms with E-state index in [0.29, 0.717) is 0 Å². The maximum Gasteiger partial charge on any atom is 0.193 e. The van der Waals surface area contributed by atoms with Gasteiger partial charge in [-0.05, 0) is 50.5 Å². The number of aromatic nitrogens is 2. The van der Waals surface area contributed by atoms with Crippen LogP contribution in [-0.2, 0) is 20.0 Å². The number of rotatable bonds is 6. The number of benzene rings is 1. The minimum atomic E-state index is 0. The van der Waals surface area contributed by atoms with Crippen molar-refractivity contribution in [2.45, 2.75) is 33.7 Å². The van der Waals surface area contributed by atoms with Crippen LogP contribution in [0.4, 0.5) is 0 Å². The third kappa shape index (κ3) is 6.16. The molecule has 0 spiro atoms. The molecule has 1 aromatic carbocycles. The van der Waals surface area contributed by atoms with Gasteiger partial charge in [0.05, 0.1) is 5.69 Å². The van der Waals surface area contributed by atoms with E-state index in [0.717, 1.165) is 42.7 Å². The van der Waals surface area contributed by atoms with Crippen LogP contribution in [0.5, 0.6) is 0 Å². The molecule has 0 saturated carbocycles. The van der Waals surface area contributed by atoms with Gasteiger partial charge >= 0.3 is 0 Å². The van der Waals surface area contributed by atoms with Gasteiger partial charge in [-0.15, -0.1) is 24.0 Å². The first-order valence-corrected chi connectivity index (χ1v) is 9.03. The lowest BCUT2D eigenvalue weighted by Gasteiger charge is -2.22. The Hall–Kier alpha value is -1.28. The topological polar surface area (TPSA) is 45.5 Å². The van der Waals surface area contributed by atoms with E-state index in [4.69, 9.17) is 16.6 Å². The molecule has 5 nitrogen and oxygen atoms in total. The number of nitrogens with zero attached hydrogens (tertiary/aromatic N) is 4. The van der Waals surface area contributed by atoms with Crippen LogP contribution < -0.4 is 5.32 Å². The maximum atomic E-state index is 6.08. The van der Waals surface area contributed by atoms with E-state index in [1.165, 1.54) is 16.8 Å². The molecule has 1 heterocycles. The van der Waals surface area contributed by atoms with Crippen molar-refractivity contribution < 1.29 is 0 Å². The van der Waals surface area contributed by atoms with Gasteiger partial charge in [0.1, 0.15) is 0 Å². The second-order valence-electron chi connectivity index (χ2n) is 6.24. The standard InChI is InChI=1S/C19H28ClN5.HI/c1-6-21-19(24(4)13-16-8-7-9-17(20)12-16)22-11-10-18-14(2)23-25(5)15(18)3;/h7-9,12H,6,10-11,13H2,1-5H3,(H,21,22);1H. The van der Waals surface area contributed by atoms with Gasteiger partial charge in [0.2, 0.25) is 0 Å². The summed E-state index contributed by atoms with van der Waals surface area (Å²) >= 11 is 6.08. The number of nitrogens with one attached hydrogen (secondary N) is 1. The van der Waals surface area contributed by atoms with E-state index in [2.05, 4.69) is 42.2 Å². The molecule has 1 aromatic heterocycles. The molecule has 2 aromatic rings. The highest BCUT2D eigenvalue weighted by molar-refractivity contribution is 14.0. The van der Waals surface area contributed by atoms with Crippen LogP contribution in [0.2, 0.25) is 5.02 Å². The normalized spacial score (nSPS) is 11.2. The number of aliphatic imine (C=N–C) groups is 1. The van der Waals surface area contributed by atoms with Gasteiger partial charge in [-0.2, -0.15) is 5.10 Å². The van der Waals surface area contributed by atoms with Crippen molar-refractivity contribution in [2.24, 2.45) is 12.0 Å². The molecule has 1 N–H and O–H groups in total. The lowest BCUT2D eigenvalue weighted by Crippen LogP contribution is -2.38. The Bertz CT molecular complexity index is 742. The second kappa shape index (κ2) is 10.8. The summed E-state index contributed by atoms with van der Waals surface area (Å²) in [6.07, 6.45) is 0.894. The molecule has 2 rings (SSSR count). The average molecular weight is 490 g/mol. The van der Waals surface area contributed by atoms with E-state index in [-0.39, 0.29) is 24.0 Å². The zero-order valence-corrected chi connectivity index (χ0v) is 19.3. The number of guanidine groups is 1. The molecule has 7 heteroatoms. The second-order valence-corrected chi connectivity index (χ2v) is 6.68. The van der Waals surface area contributed by atoms with Crippen LogP contribution in [0.15, 0.2) is 29.3 Å². The fraction of sp³-hybridized carbons (Fsp3) is 0.474. The number of aryl methyl sites for hydroxylation is 2. The molecule has 26 heavy (non-hydrogen) atoms. The summed E-state index contributed by atoms with van der Waals surface area (Å²) in [4.78, 5) is 6.90. The highest BCUT2D eigenvalue weighted by Crippen LogP contribution is 2.14. The van der Waals surface area contributed by atoms with Gasteiger partial charge < -0.3 is 10.2 Å². The van der Waals surface area contributed by atoms with Crippen LogP contribution in [0.25, 0.3) is 0 Å². The third-order valence-corrected chi connectivity index (χ3v) is 4.52. The molecule has 0 saturated heterocycles. The first-order chi connectivity index (χ1) is 11.9. The van der Waals surface area contributed by atoms with E-state index in [1.807, 2.05) is 37.0 Å². The molecule has 0 radical (unpaired) electrons. The van der Waals surface area contributed by atoms with Gasteiger partial charge in [-0.1, -0.05) is 23.7 Å². The van der Waals surface area contributed by atoms with Crippen molar-refractivity contribution >= 4 is 41.5 Å². The smallest absolute Gasteiger partial charge is 0.193 e. The van der Waals surface area contributed by atoms with Crippen LogP contribution in [-0.4, -0.2) is 40.8 Å². The Morgan fingerprint density at radius 1 is 1.35 bits per heavy atom. The first kappa shape index (κ1) is 22.8. The Morgan fingerprint density at radius 2 is 2.08 bits per heavy atom. The summed E-state index contributed by atoms with van der Waals surface area (Å²) in [5.41, 5.74) is 4.76. The first-order valence-electron chi connectivity index (χ1n) is 8.65. The van der Waals surface area contributed by atoms with Gasteiger partial charge in [-0.25, -0.2) is 0 Å². The van der Waals surface area contributed by atoms with Crippen LogP contribution in [0.3, 0.4) is 0 Å². The van der Waals surface area contributed by atoms with Crippen molar-refractivity contribution in [3.63, 3.8) is 0 Å². The van der Waals surface area contributed by atoms with Gasteiger partial charge in [0.15, 0.2) is 5.96 Å². The Balaban J connectivity index is 0.00000338. The zero-order chi connectivity index (χ0) is 18.4.